The number of carbonyl (C=O) groups excluding carboxylic acids is 2. The number of anilines is 1. The summed E-state index contributed by atoms with van der Waals surface area (Å²) in [4.78, 5) is 26.4. The summed E-state index contributed by atoms with van der Waals surface area (Å²) in [5.74, 6) is -0.114. The maximum atomic E-state index is 12.3. The van der Waals surface area contributed by atoms with Gasteiger partial charge in [-0.25, -0.2) is 4.79 Å². The molecule has 2 aromatic carbocycles. The summed E-state index contributed by atoms with van der Waals surface area (Å²) in [6, 6.07) is 14.5. The minimum Gasteiger partial charge on any atom is -0.353 e. The fraction of sp³-hybridized carbons (Fsp3) is 0.300. The first kappa shape index (κ1) is 19.5. The summed E-state index contributed by atoms with van der Waals surface area (Å²) in [7, 11) is 0. The lowest BCUT2D eigenvalue weighted by molar-refractivity contribution is -0.121. The van der Waals surface area contributed by atoms with Crippen LogP contribution in [-0.4, -0.2) is 36.0 Å². The van der Waals surface area contributed by atoms with Crippen LogP contribution in [0.25, 0.3) is 0 Å². The van der Waals surface area contributed by atoms with E-state index in [0.717, 1.165) is 5.69 Å². The van der Waals surface area contributed by atoms with E-state index in [1.54, 1.807) is 23.1 Å². The lowest BCUT2D eigenvalue weighted by Crippen LogP contribution is -2.48. The molecular formula is C20H21Cl2N3O2. The summed E-state index contributed by atoms with van der Waals surface area (Å²) in [6.45, 7) is 1.19. The van der Waals surface area contributed by atoms with E-state index in [1.807, 2.05) is 30.3 Å². The van der Waals surface area contributed by atoms with Crippen molar-refractivity contribution in [3.8, 4) is 0 Å². The van der Waals surface area contributed by atoms with E-state index in [0.29, 0.717) is 41.5 Å². The standard InChI is InChI=1S/C20H21Cl2N3O2/c21-17-7-4-8-18(22)16(17)13-19(26)23-15-9-11-25(12-10-15)20(27)24-14-5-2-1-3-6-14/h1-8,15H,9-13H2,(H,23,26)(H,24,27). The van der Waals surface area contributed by atoms with Crippen LogP contribution in [0.2, 0.25) is 10.0 Å². The van der Waals surface area contributed by atoms with Crippen molar-refractivity contribution in [2.75, 3.05) is 18.4 Å². The summed E-state index contributed by atoms with van der Waals surface area (Å²) in [5, 5.41) is 6.88. The SMILES string of the molecule is O=C(Cc1c(Cl)cccc1Cl)NC1CCN(C(=O)Nc2ccccc2)CC1. The number of rotatable bonds is 4. The highest BCUT2D eigenvalue weighted by molar-refractivity contribution is 6.36. The highest BCUT2D eigenvalue weighted by Crippen LogP contribution is 2.24. The number of nitrogens with zero attached hydrogens (tertiary/aromatic N) is 1. The second-order valence-corrected chi connectivity index (χ2v) is 7.32. The predicted octanol–water partition coefficient (Wildman–Crippen LogP) is 4.35. The number of piperidine rings is 1. The third-order valence-electron chi connectivity index (χ3n) is 4.57. The van der Waals surface area contributed by atoms with Gasteiger partial charge >= 0.3 is 6.03 Å². The van der Waals surface area contributed by atoms with Gasteiger partial charge in [0.15, 0.2) is 0 Å². The monoisotopic (exact) mass is 405 g/mol. The van der Waals surface area contributed by atoms with Crippen molar-refractivity contribution in [2.24, 2.45) is 0 Å². The Morgan fingerprint density at radius 1 is 0.963 bits per heavy atom. The molecular weight excluding hydrogens is 385 g/mol. The van der Waals surface area contributed by atoms with Crippen LogP contribution in [0, 0.1) is 0 Å². The van der Waals surface area contributed by atoms with Gasteiger partial charge in [0.1, 0.15) is 0 Å². The molecule has 5 nitrogen and oxygen atoms in total. The summed E-state index contributed by atoms with van der Waals surface area (Å²) >= 11 is 12.2. The van der Waals surface area contributed by atoms with Crippen molar-refractivity contribution >= 4 is 40.8 Å². The number of para-hydroxylation sites is 1. The van der Waals surface area contributed by atoms with Gasteiger partial charge in [0.25, 0.3) is 0 Å². The number of halogens is 2. The molecule has 27 heavy (non-hydrogen) atoms. The van der Waals surface area contributed by atoms with Crippen LogP contribution >= 0.6 is 23.2 Å². The zero-order valence-electron chi connectivity index (χ0n) is 14.8. The largest absolute Gasteiger partial charge is 0.353 e. The third kappa shape index (κ3) is 5.37. The van der Waals surface area contributed by atoms with Crippen LogP contribution in [0.3, 0.4) is 0 Å². The minimum absolute atomic E-state index is 0.0412. The number of benzene rings is 2. The fourth-order valence-electron chi connectivity index (χ4n) is 3.09. The van der Waals surface area contributed by atoms with Crippen molar-refractivity contribution in [1.29, 1.82) is 0 Å². The molecule has 0 aliphatic carbocycles. The molecule has 3 amide bonds. The Bertz CT molecular complexity index is 786. The summed E-state index contributed by atoms with van der Waals surface area (Å²) < 4.78 is 0. The quantitative estimate of drug-likeness (QED) is 0.793. The van der Waals surface area contributed by atoms with Crippen molar-refractivity contribution in [1.82, 2.24) is 10.2 Å². The minimum atomic E-state index is -0.117. The normalized spacial score (nSPS) is 14.7. The van der Waals surface area contributed by atoms with Crippen LogP contribution in [0.1, 0.15) is 18.4 Å². The highest BCUT2D eigenvalue weighted by atomic mass is 35.5. The third-order valence-corrected chi connectivity index (χ3v) is 5.28. The van der Waals surface area contributed by atoms with Crippen LogP contribution in [0.5, 0.6) is 0 Å². The van der Waals surface area contributed by atoms with Crippen molar-refractivity contribution < 1.29 is 9.59 Å². The maximum Gasteiger partial charge on any atom is 0.321 e. The van der Waals surface area contributed by atoms with Crippen LogP contribution in [-0.2, 0) is 11.2 Å². The van der Waals surface area contributed by atoms with E-state index in [-0.39, 0.29) is 24.4 Å². The maximum absolute atomic E-state index is 12.3. The van der Waals surface area contributed by atoms with E-state index in [1.165, 1.54) is 0 Å². The first-order valence-electron chi connectivity index (χ1n) is 8.86. The van der Waals surface area contributed by atoms with E-state index in [4.69, 9.17) is 23.2 Å². The van der Waals surface area contributed by atoms with Gasteiger partial charge in [-0.3, -0.25) is 4.79 Å². The zero-order valence-corrected chi connectivity index (χ0v) is 16.3. The van der Waals surface area contributed by atoms with Crippen molar-refractivity contribution in [3.63, 3.8) is 0 Å². The second-order valence-electron chi connectivity index (χ2n) is 6.50. The number of hydrogen-bond donors (Lipinski definition) is 2. The topological polar surface area (TPSA) is 61.4 Å². The number of carbonyl (C=O) groups is 2. The molecule has 2 N–H and O–H groups in total. The molecule has 0 spiro atoms. The molecule has 0 aromatic heterocycles. The van der Waals surface area contributed by atoms with Crippen molar-refractivity contribution in [2.45, 2.75) is 25.3 Å². The van der Waals surface area contributed by atoms with E-state index in [9.17, 15) is 9.59 Å². The molecule has 7 heteroatoms. The van der Waals surface area contributed by atoms with Gasteiger partial charge in [-0.05, 0) is 42.7 Å². The Kier molecular flexibility index (Phi) is 6.58. The van der Waals surface area contributed by atoms with Gasteiger partial charge in [-0.1, -0.05) is 47.5 Å². The first-order chi connectivity index (χ1) is 13.0. The van der Waals surface area contributed by atoms with E-state index < -0.39 is 0 Å². The van der Waals surface area contributed by atoms with Crippen LogP contribution in [0.15, 0.2) is 48.5 Å². The van der Waals surface area contributed by atoms with Gasteiger partial charge in [0, 0.05) is 34.9 Å². The summed E-state index contributed by atoms with van der Waals surface area (Å²) in [6.07, 6.45) is 1.57. The fourth-order valence-corrected chi connectivity index (χ4v) is 3.62. The second kappa shape index (κ2) is 9.11. The van der Waals surface area contributed by atoms with Crippen molar-refractivity contribution in [3.05, 3.63) is 64.1 Å². The molecule has 142 valence electrons. The summed E-state index contributed by atoms with van der Waals surface area (Å²) in [5.41, 5.74) is 1.41. The lowest BCUT2D eigenvalue weighted by Gasteiger charge is -2.32. The van der Waals surface area contributed by atoms with Crippen LogP contribution < -0.4 is 10.6 Å². The molecule has 1 saturated heterocycles. The Balaban J connectivity index is 1.46. The molecule has 1 aliphatic heterocycles. The number of urea groups is 1. The number of hydrogen-bond acceptors (Lipinski definition) is 2. The van der Waals surface area contributed by atoms with Gasteiger partial charge in [-0.2, -0.15) is 0 Å². The zero-order chi connectivity index (χ0) is 19.2. The molecule has 1 aliphatic rings. The van der Waals surface area contributed by atoms with Gasteiger partial charge in [-0.15, -0.1) is 0 Å². The average Bonchev–Trinajstić information content (AvgIpc) is 2.66. The lowest BCUT2D eigenvalue weighted by atomic mass is 10.0. The average molecular weight is 406 g/mol. The van der Waals surface area contributed by atoms with E-state index >= 15 is 0 Å². The molecule has 1 heterocycles. The molecule has 3 rings (SSSR count). The predicted molar refractivity (Wildman–Crippen MR) is 108 cm³/mol. The molecule has 0 saturated carbocycles. The molecule has 0 unspecified atom stereocenters. The van der Waals surface area contributed by atoms with Gasteiger partial charge < -0.3 is 15.5 Å². The van der Waals surface area contributed by atoms with Gasteiger partial charge in [0.2, 0.25) is 5.91 Å². The number of nitrogens with one attached hydrogen (secondary N) is 2. The highest BCUT2D eigenvalue weighted by Gasteiger charge is 2.24. The van der Waals surface area contributed by atoms with E-state index in [2.05, 4.69) is 10.6 Å². The Hall–Kier alpha value is -2.24. The molecule has 0 bridgehead atoms. The smallest absolute Gasteiger partial charge is 0.321 e. The Labute approximate surface area is 168 Å². The molecule has 0 radical (unpaired) electrons. The number of likely N-dealkylation sites (tertiary alicyclic amines) is 1. The molecule has 0 atom stereocenters. The Morgan fingerprint density at radius 2 is 1.59 bits per heavy atom. The molecule has 1 fully saturated rings. The molecule has 2 aromatic rings. The Morgan fingerprint density at radius 3 is 2.22 bits per heavy atom. The van der Waals surface area contributed by atoms with Gasteiger partial charge in [0.05, 0.1) is 6.42 Å². The van der Waals surface area contributed by atoms with Crippen LogP contribution in [0.4, 0.5) is 10.5 Å². The number of amides is 3. The first-order valence-corrected chi connectivity index (χ1v) is 9.62.